The van der Waals surface area contributed by atoms with E-state index in [0.717, 1.165) is 23.0 Å². The molecule has 16 heteroatoms. The molecule has 0 spiro atoms. The smallest absolute Gasteiger partial charge is 0.387 e. The summed E-state index contributed by atoms with van der Waals surface area (Å²) in [6, 6.07) is 2.59. The van der Waals surface area contributed by atoms with Crippen LogP contribution in [0.5, 0.6) is 0 Å². The van der Waals surface area contributed by atoms with Gasteiger partial charge in [-0.1, -0.05) is 0 Å². The molecule has 3 heterocycles. The fourth-order valence-corrected chi connectivity index (χ4v) is 4.15. The fourth-order valence-electron chi connectivity index (χ4n) is 3.23. The zero-order valence-electron chi connectivity index (χ0n) is 16.2. The molecule has 0 radical (unpaired) electrons. The number of aliphatic hydroxyl groups excluding tert-OH is 2. The summed E-state index contributed by atoms with van der Waals surface area (Å²) in [6.07, 6.45) is -10.7. The van der Waals surface area contributed by atoms with Gasteiger partial charge in [0.15, 0.2) is 23.2 Å². The topological polar surface area (TPSA) is 163 Å². The number of anilines is 1. The molecule has 4 N–H and O–H groups in total. The van der Waals surface area contributed by atoms with Gasteiger partial charge in [-0.2, -0.15) is 35.9 Å². The first-order chi connectivity index (χ1) is 15.4. The van der Waals surface area contributed by atoms with Crippen molar-refractivity contribution < 1.29 is 45.1 Å². The summed E-state index contributed by atoms with van der Waals surface area (Å²) in [4.78, 5) is 10.2. The van der Waals surface area contributed by atoms with Crippen molar-refractivity contribution in [2.24, 2.45) is 0 Å². The Morgan fingerprint density at radius 3 is 2.45 bits per heavy atom. The van der Waals surface area contributed by atoms with Gasteiger partial charge in [0, 0.05) is 0 Å². The summed E-state index contributed by atoms with van der Waals surface area (Å²) in [7, 11) is -4.51. The number of imidazole rings is 1. The third-order valence-electron chi connectivity index (χ3n) is 4.89. The van der Waals surface area contributed by atoms with Gasteiger partial charge in [0.2, 0.25) is 0 Å². The Kier molecular flexibility index (Phi) is 5.73. The zero-order chi connectivity index (χ0) is 24.1. The van der Waals surface area contributed by atoms with Crippen molar-refractivity contribution in [2.75, 3.05) is 12.3 Å². The first kappa shape index (κ1) is 23.2. The van der Waals surface area contributed by atoms with Crippen molar-refractivity contribution in [3.05, 3.63) is 42.2 Å². The number of aromatic nitrogens is 4. The molecule has 1 aliphatic heterocycles. The maximum Gasteiger partial charge on any atom is 0.416 e. The first-order valence-corrected chi connectivity index (χ1v) is 10.5. The highest BCUT2D eigenvalue weighted by Gasteiger charge is 2.45. The molecule has 1 aliphatic rings. The number of fused-ring (bicyclic) bond motifs is 1. The SMILES string of the molecule is Nc1nc(F)nc2c1ncn2C1O[C@H](COS(=O)(=O)c2ccc(C(F)(F)F)cc2)[C@@H](O)[C@H]1O. The fraction of sp³-hybridized carbons (Fsp3) is 0.353. The number of nitrogen functional groups attached to an aromatic ring is 1. The molecule has 1 unspecified atom stereocenters. The molecule has 1 saturated heterocycles. The second kappa shape index (κ2) is 8.14. The van der Waals surface area contributed by atoms with Gasteiger partial charge in [-0.25, -0.2) is 4.98 Å². The summed E-state index contributed by atoms with van der Waals surface area (Å²) < 4.78 is 87.5. The predicted molar refractivity (Wildman–Crippen MR) is 100 cm³/mol. The van der Waals surface area contributed by atoms with E-state index in [1.807, 2.05) is 0 Å². The van der Waals surface area contributed by atoms with Crippen molar-refractivity contribution in [1.29, 1.82) is 0 Å². The maximum atomic E-state index is 13.6. The molecule has 0 bridgehead atoms. The first-order valence-electron chi connectivity index (χ1n) is 9.12. The van der Waals surface area contributed by atoms with E-state index in [1.54, 1.807) is 0 Å². The number of benzene rings is 1. The van der Waals surface area contributed by atoms with Crippen LogP contribution < -0.4 is 5.73 Å². The zero-order valence-corrected chi connectivity index (χ0v) is 17.0. The molecular weight excluding hydrogens is 478 g/mol. The van der Waals surface area contributed by atoms with Gasteiger partial charge in [-0.15, -0.1) is 0 Å². The minimum Gasteiger partial charge on any atom is -0.387 e. The van der Waals surface area contributed by atoms with Crippen molar-refractivity contribution in [3.63, 3.8) is 0 Å². The summed E-state index contributed by atoms with van der Waals surface area (Å²) in [6.45, 7) is -0.782. The van der Waals surface area contributed by atoms with E-state index < -0.39 is 64.0 Å². The lowest BCUT2D eigenvalue weighted by Crippen LogP contribution is -2.34. The Morgan fingerprint density at radius 2 is 1.82 bits per heavy atom. The number of ether oxygens (including phenoxy) is 1. The van der Waals surface area contributed by atoms with Crippen LogP contribution in [-0.4, -0.2) is 63.1 Å². The van der Waals surface area contributed by atoms with E-state index in [9.17, 15) is 36.2 Å². The highest BCUT2D eigenvalue weighted by atomic mass is 32.2. The van der Waals surface area contributed by atoms with E-state index in [-0.39, 0.29) is 17.0 Å². The van der Waals surface area contributed by atoms with Crippen LogP contribution in [0.2, 0.25) is 0 Å². The van der Waals surface area contributed by atoms with Crippen LogP contribution in [0.4, 0.5) is 23.4 Å². The molecule has 0 amide bonds. The molecule has 0 saturated carbocycles. The van der Waals surface area contributed by atoms with E-state index in [1.165, 1.54) is 0 Å². The molecular formula is C17H15F4N5O6S. The molecule has 1 fully saturated rings. The number of nitrogens with zero attached hydrogens (tertiary/aromatic N) is 4. The number of hydrogen-bond donors (Lipinski definition) is 3. The second-order valence-electron chi connectivity index (χ2n) is 7.01. The van der Waals surface area contributed by atoms with Crippen LogP contribution in [0.3, 0.4) is 0 Å². The lowest BCUT2D eigenvalue weighted by atomic mass is 10.1. The number of rotatable bonds is 5. The Bertz CT molecular complexity index is 1280. The number of alkyl halides is 3. The minimum atomic E-state index is -4.65. The average Bonchev–Trinajstić information content (AvgIpc) is 3.27. The number of aliphatic hydroxyl groups is 2. The Balaban J connectivity index is 1.50. The second-order valence-corrected chi connectivity index (χ2v) is 8.62. The monoisotopic (exact) mass is 493 g/mol. The standard InChI is InChI=1S/C17H15F4N5O6S/c18-16-24-13(22)10-14(25-16)26(6-23-10)15-12(28)11(27)9(32-15)5-31-33(29,30)8-3-1-7(2-4-8)17(19,20)21/h1-4,6,9,11-12,15,27-28H,5H2,(H2,22,24,25)/t9-,11-,12-,15?/m1/s1. The number of nitrogens with two attached hydrogens (primary N) is 1. The quantitative estimate of drug-likeness (QED) is 0.260. The Hall–Kier alpha value is -2.92. The third kappa shape index (κ3) is 4.34. The predicted octanol–water partition coefficient (Wildman–Crippen LogP) is 0.591. The summed E-state index contributed by atoms with van der Waals surface area (Å²) >= 11 is 0. The van der Waals surface area contributed by atoms with Crippen molar-refractivity contribution >= 4 is 27.1 Å². The van der Waals surface area contributed by atoms with Crippen LogP contribution in [0.15, 0.2) is 35.5 Å². The highest BCUT2D eigenvalue weighted by molar-refractivity contribution is 7.86. The van der Waals surface area contributed by atoms with Gasteiger partial charge >= 0.3 is 12.3 Å². The van der Waals surface area contributed by atoms with Crippen LogP contribution in [0.25, 0.3) is 11.2 Å². The van der Waals surface area contributed by atoms with Crippen LogP contribution in [-0.2, 0) is 25.2 Å². The number of hydrogen-bond acceptors (Lipinski definition) is 10. The Morgan fingerprint density at radius 1 is 1.15 bits per heavy atom. The van der Waals surface area contributed by atoms with Gasteiger partial charge in [0.25, 0.3) is 10.1 Å². The van der Waals surface area contributed by atoms with Crippen molar-refractivity contribution in [3.8, 4) is 0 Å². The normalized spacial score (nSPS) is 23.9. The summed E-state index contributed by atoms with van der Waals surface area (Å²) in [5.41, 5.74) is 4.39. The highest BCUT2D eigenvalue weighted by Crippen LogP contribution is 2.33. The summed E-state index contributed by atoms with van der Waals surface area (Å²) in [5.74, 6) is -0.271. The molecule has 3 aromatic rings. The lowest BCUT2D eigenvalue weighted by molar-refractivity contribution is -0.137. The third-order valence-corrected chi connectivity index (χ3v) is 6.19. The molecule has 4 rings (SSSR count). The van der Waals surface area contributed by atoms with Crippen LogP contribution >= 0.6 is 0 Å². The molecule has 4 atom stereocenters. The van der Waals surface area contributed by atoms with Crippen LogP contribution in [0.1, 0.15) is 11.8 Å². The van der Waals surface area contributed by atoms with Gasteiger partial charge in [-0.05, 0) is 24.3 Å². The maximum absolute atomic E-state index is 13.6. The molecule has 33 heavy (non-hydrogen) atoms. The van der Waals surface area contributed by atoms with Gasteiger partial charge in [0.05, 0.1) is 23.4 Å². The average molecular weight is 493 g/mol. The largest absolute Gasteiger partial charge is 0.416 e. The van der Waals surface area contributed by atoms with E-state index >= 15 is 0 Å². The molecule has 11 nitrogen and oxygen atoms in total. The van der Waals surface area contributed by atoms with E-state index in [2.05, 4.69) is 15.0 Å². The van der Waals surface area contributed by atoms with Crippen molar-refractivity contribution in [1.82, 2.24) is 19.5 Å². The van der Waals surface area contributed by atoms with Gasteiger partial charge < -0.3 is 20.7 Å². The van der Waals surface area contributed by atoms with Crippen LogP contribution in [0, 0.1) is 6.08 Å². The molecule has 0 aliphatic carbocycles. The van der Waals surface area contributed by atoms with Crippen molar-refractivity contribution in [2.45, 2.75) is 35.6 Å². The molecule has 2 aromatic heterocycles. The van der Waals surface area contributed by atoms with E-state index in [4.69, 9.17) is 14.7 Å². The molecule has 178 valence electrons. The number of halogens is 4. The molecule has 1 aromatic carbocycles. The van der Waals surface area contributed by atoms with E-state index in [0.29, 0.717) is 12.1 Å². The van der Waals surface area contributed by atoms with Gasteiger partial charge in [-0.3, -0.25) is 8.75 Å². The van der Waals surface area contributed by atoms with Gasteiger partial charge in [0.1, 0.15) is 18.3 Å². The Labute approximate surface area is 182 Å². The minimum absolute atomic E-state index is 0.00581. The summed E-state index contributed by atoms with van der Waals surface area (Å²) in [5, 5.41) is 20.6. The lowest BCUT2D eigenvalue weighted by Gasteiger charge is -2.16.